The molecule has 4 nitrogen and oxygen atoms in total. The molecule has 0 radical (unpaired) electrons. The van der Waals surface area contributed by atoms with Crippen LogP contribution in [0.25, 0.3) is 0 Å². The zero-order valence-corrected chi connectivity index (χ0v) is 15.2. The molecule has 0 saturated heterocycles. The summed E-state index contributed by atoms with van der Waals surface area (Å²) in [5, 5.41) is 44.8. The fraction of sp³-hybridized carbons (Fsp3) is 0.800. The van der Waals surface area contributed by atoms with Crippen molar-refractivity contribution in [3.8, 4) is 0 Å². The van der Waals surface area contributed by atoms with Gasteiger partial charge in [0.1, 0.15) is 17.8 Å². The van der Waals surface area contributed by atoms with E-state index < -0.39 is 29.3 Å². The maximum atomic E-state index is 11.6. The van der Waals surface area contributed by atoms with E-state index in [1.807, 2.05) is 12.2 Å². The molecule has 3 unspecified atom stereocenters. The Balaban J connectivity index is 1.97. The molecule has 0 aromatic heterocycles. The lowest BCUT2D eigenvalue weighted by Crippen LogP contribution is -2.66. The molecule has 4 heteroatoms. The first kappa shape index (κ1) is 16.8. The first-order valence-corrected chi connectivity index (χ1v) is 9.15. The summed E-state index contributed by atoms with van der Waals surface area (Å²) < 4.78 is 0. The van der Waals surface area contributed by atoms with E-state index in [9.17, 15) is 20.4 Å². The monoisotopic (exact) mass is 334 g/mol. The van der Waals surface area contributed by atoms with Crippen molar-refractivity contribution in [1.29, 1.82) is 0 Å². The Bertz CT molecular complexity index is 650. The number of hydrogen-bond acceptors (Lipinski definition) is 4. The Kier molecular flexibility index (Phi) is 3.17. The van der Waals surface area contributed by atoms with E-state index >= 15 is 0 Å². The molecule has 24 heavy (non-hydrogen) atoms. The lowest BCUT2D eigenvalue weighted by molar-refractivity contribution is -0.214. The lowest BCUT2D eigenvalue weighted by Gasteiger charge is -2.51. The molecule has 0 aliphatic heterocycles. The van der Waals surface area contributed by atoms with E-state index in [1.165, 1.54) is 0 Å². The second-order valence-corrected chi connectivity index (χ2v) is 9.48. The van der Waals surface area contributed by atoms with Crippen molar-refractivity contribution in [3.05, 3.63) is 23.3 Å². The minimum atomic E-state index is -1.77. The van der Waals surface area contributed by atoms with Crippen LogP contribution in [0.4, 0.5) is 0 Å². The van der Waals surface area contributed by atoms with Crippen LogP contribution in [0.5, 0.6) is 0 Å². The highest BCUT2D eigenvalue weighted by Crippen LogP contribution is 2.72. The zero-order chi connectivity index (χ0) is 17.8. The molecule has 1 spiro atoms. The Morgan fingerprint density at radius 3 is 2.25 bits per heavy atom. The molecule has 2 saturated carbocycles. The Morgan fingerprint density at radius 2 is 1.62 bits per heavy atom. The summed E-state index contributed by atoms with van der Waals surface area (Å²) >= 11 is 0. The molecule has 2 bridgehead atoms. The Hall–Kier alpha value is -0.680. The van der Waals surface area contributed by atoms with Crippen molar-refractivity contribution in [2.24, 2.45) is 34.5 Å². The Morgan fingerprint density at radius 1 is 1.04 bits per heavy atom. The van der Waals surface area contributed by atoms with Gasteiger partial charge in [0.05, 0.1) is 11.5 Å². The standard InChI is InChI=1S/C20H30O4/c1-9-6-12-14-13(18(14,4)5)7-11(3)19(17(12)23)8-10(2)16(22)20(19,24)15(9)21/h6,8,11-17,21-24H,7H2,1-5H3/t11-,12?,13?,14+,15-,16+,17?,19+,20+/m1/s1. The fourth-order valence-corrected chi connectivity index (χ4v) is 6.72. The average molecular weight is 334 g/mol. The van der Waals surface area contributed by atoms with E-state index in [4.69, 9.17) is 0 Å². The largest absolute Gasteiger partial charge is 0.391 e. The molecule has 4 aliphatic rings. The normalized spacial score (nSPS) is 58.0. The van der Waals surface area contributed by atoms with Gasteiger partial charge in [0, 0.05) is 5.92 Å². The smallest absolute Gasteiger partial charge is 0.136 e. The van der Waals surface area contributed by atoms with E-state index in [1.54, 1.807) is 13.8 Å². The molecule has 0 aromatic rings. The highest BCUT2D eigenvalue weighted by molar-refractivity contribution is 5.42. The van der Waals surface area contributed by atoms with Gasteiger partial charge in [0.15, 0.2) is 0 Å². The summed E-state index contributed by atoms with van der Waals surface area (Å²) in [5.74, 6) is 0.720. The van der Waals surface area contributed by atoms with Crippen LogP contribution in [0.3, 0.4) is 0 Å². The highest BCUT2D eigenvalue weighted by Gasteiger charge is 2.75. The Labute approximate surface area is 143 Å². The maximum absolute atomic E-state index is 11.6. The summed E-state index contributed by atoms with van der Waals surface area (Å²) in [5.41, 5.74) is -1.32. The molecule has 0 aromatic carbocycles. The third kappa shape index (κ3) is 1.55. The lowest BCUT2D eigenvalue weighted by atomic mass is 9.58. The van der Waals surface area contributed by atoms with Crippen molar-refractivity contribution in [2.45, 2.75) is 65.0 Å². The van der Waals surface area contributed by atoms with Crippen molar-refractivity contribution in [2.75, 3.05) is 0 Å². The molecule has 0 amide bonds. The van der Waals surface area contributed by atoms with Gasteiger partial charge in [0.2, 0.25) is 0 Å². The van der Waals surface area contributed by atoms with Gasteiger partial charge in [-0.05, 0) is 54.6 Å². The fourth-order valence-electron chi connectivity index (χ4n) is 6.72. The summed E-state index contributed by atoms with van der Waals surface area (Å²) in [6.07, 6.45) is 1.58. The summed E-state index contributed by atoms with van der Waals surface area (Å²) in [6.45, 7) is 10.1. The van der Waals surface area contributed by atoms with E-state index in [-0.39, 0.29) is 17.3 Å². The molecule has 2 fully saturated rings. The van der Waals surface area contributed by atoms with Gasteiger partial charge >= 0.3 is 0 Å². The van der Waals surface area contributed by atoms with Crippen LogP contribution in [0.15, 0.2) is 23.3 Å². The third-order valence-electron chi connectivity index (χ3n) is 8.14. The van der Waals surface area contributed by atoms with Gasteiger partial charge in [-0.3, -0.25) is 0 Å². The molecular formula is C20H30O4. The van der Waals surface area contributed by atoms with E-state index in [2.05, 4.69) is 20.8 Å². The molecular weight excluding hydrogens is 304 g/mol. The van der Waals surface area contributed by atoms with Crippen molar-refractivity contribution in [1.82, 2.24) is 0 Å². The first-order valence-electron chi connectivity index (χ1n) is 9.15. The second-order valence-electron chi connectivity index (χ2n) is 9.48. The van der Waals surface area contributed by atoms with Gasteiger partial charge in [-0.2, -0.15) is 0 Å². The zero-order valence-electron chi connectivity index (χ0n) is 15.2. The molecule has 9 atom stereocenters. The molecule has 4 aliphatic carbocycles. The SMILES string of the molecule is CC1=CC2C(O)[C@]3(C=C(C)[C@H](O)[C@@]3(O)[C@@H]1O)[C@H](C)CC1[C@H]2C1(C)C. The predicted molar refractivity (Wildman–Crippen MR) is 90.9 cm³/mol. The van der Waals surface area contributed by atoms with Crippen LogP contribution in [0, 0.1) is 34.5 Å². The minimum Gasteiger partial charge on any atom is -0.391 e. The van der Waals surface area contributed by atoms with Crippen LogP contribution < -0.4 is 0 Å². The molecule has 4 rings (SSSR count). The molecule has 0 heterocycles. The maximum Gasteiger partial charge on any atom is 0.136 e. The van der Waals surface area contributed by atoms with Gasteiger partial charge in [-0.1, -0.05) is 32.9 Å². The summed E-state index contributed by atoms with van der Waals surface area (Å²) in [7, 11) is 0. The highest BCUT2D eigenvalue weighted by atomic mass is 16.4. The van der Waals surface area contributed by atoms with Crippen LogP contribution in [-0.4, -0.2) is 44.3 Å². The molecule has 134 valence electrons. The van der Waals surface area contributed by atoms with Crippen molar-refractivity contribution in [3.63, 3.8) is 0 Å². The third-order valence-corrected chi connectivity index (χ3v) is 8.14. The summed E-state index contributed by atoms with van der Waals surface area (Å²) in [6, 6.07) is 0. The van der Waals surface area contributed by atoms with E-state index in [0.717, 1.165) is 6.42 Å². The van der Waals surface area contributed by atoms with Crippen molar-refractivity contribution >= 4 is 0 Å². The first-order chi connectivity index (χ1) is 11.0. The van der Waals surface area contributed by atoms with Crippen LogP contribution >= 0.6 is 0 Å². The van der Waals surface area contributed by atoms with Crippen LogP contribution in [0.2, 0.25) is 0 Å². The van der Waals surface area contributed by atoms with Gasteiger partial charge < -0.3 is 20.4 Å². The molecule has 4 N–H and O–H groups in total. The average Bonchev–Trinajstić information content (AvgIpc) is 3.01. The summed E-state index contributed by atoms with van der Waals surface area (Å²) in [4.78, 5) is 0. The number of hydrogen-bond donors (Lipinski definition) is 4. The van der Waals surface area contributed by atoms with Crippen LogP contribution in [-0.2, 0) is 0 Å². The predicted octanol–water partition coefficient (Wildman–Crippen LogP) is 1.63. The topological polar surface area (TPSA) is 80.9 Å². The number of aliphatic hydroxyl groups is 4. The van der Waals surface area contributed by atoms with Crippen molar-refractivity contribution < 1.29 is 20.4 Å². The number of aliphatic hydroxyl groups excluding tert-OH is 3. The van der Waals surface area contributed by atoms with Gasteiger partial charge in [0.25, 0.3) is 0 Å². The van der Waals surface area contributed by atoms with Gasteiger partial charge in [-0.15, -0.1) is 0 Å². The number of rotatable bonds is 0. The van der Waals surface area contributed by atoms with Gasteiger partial charge in [-0.25, -0.2) is 0 Å². The minimum absolute atomic E-state index is 0.0298. The van der Waals surface area contributed by atoms with Crippen LogP contribution in [0.1, 0.15) is 41.0 Å². The second kappa shape index (κ2) is 4.53. The number of fused-ring (bicyclic) bond motifs is 3. The quantitative estimate of drug-likeness (QED) is 0.508. The van der Waals surface area contributed by atoms with E-state index in [0.29, 0.717) is 23.0 Å².